The van der Waals surface area contributed by atoms with Crippen LogP contribution >= 0.6 is 0 Å². The molecule has 1 unspecified atom stereocenters. The van der Waals surface area contributed by atoms with E-state index < -0.39 is 6.10 Å². The molecule has 1 heterocycles. The average Bonchev–Trinajstić information content (AvgIpc) is 3.03. The van der Waals surface area contributed by atoms with Gasteiger partial charge < -0.3 is 10.4 Å². The number of hydrogen-bond donors (Lipinski definition) is 2. The van der Waals surface area contributed by atoms with Crippen LogP contribution in [0.4, 0.5) is 0 Å². The van der Waals surface area contributed by atoms with Crippen LogP contribution in [0.15, 0.2) is 54.7 Å². The molecule has 2 aromatic carbocycles. The van der Waals surface area contributed by atoms with Gasteiger partial charge in [0, 0.05) is 18.4 Å². The molecule has 2 N–H and O–H groups in total. The highest BCUT2D eigenvalue weighted by atomic mass is 16.3. The second-order valence-electron chi connectivity index (χ2n) is 5.86. The zero-order chi connectivity index (χ0) is 16.9. The molecule has 0 bridgehead atoms. The van der Waals surface area contributed by atoms with Crippen LogP contribution in [0.1, 0.15) is 23.7 Å². The van der Waals surface area contributed by atoms with E-state index >= 15 is 0 Å². The van der Waals surface area contributed by atoms with Gasteiger partial charge in [0.25, 0.3) is 0 Å². The highest BCUT2D eigenvalue weighted by Gasteiger charge is 2.10. The summed E-state index contributed by atoms with van der Waals surface area (Å²) in [6.45, 7) is 2.76. The van der Waals surface area contributed by atoms with E-state index in [4.69, 9.17) is 0 Å². The Morgan fingerprint density at radius 2 is 2.00 bits per heavy atom. The van der Waals surface area contributed by atoms with Gasteiger partial charge in [-0.15, -0.1) is 0 Å². The Labute approximate surface area is 140 Å². The van der Waals surface area contributed by atoms with Crippen LogP contribution < -0.4 is 5.32 Å². The minimum atomic E-state index is -0.692. The second kappa shape index (κ2) is 7.27. The lowest BCUT2D eigenvalue weighted by atomic mass is 10.1. The van der Waals surface area contributed by atoms with Crippen LogP contribution in [0, 0.1) is 6.92 Å². The number of carbonyl (C=O) groups excluding carboxylic acids is 1. The Morgan fingerprint density at radius 3 is 2.79 bits per heavy atom. The van der Waals surface area contributed by atoms with E-state index in [-0.39, 0.29) is 12.5 Å². The number of aromatic nitrogens is 2. The minimum absolute atomic E-state index is 0.0952. The molecule has 124 valence electrons. The summed E-state index contributed by atoms with van der Waals surface area (Å²) >= 11 is 0. The van der Waals surface area contributed by atoms with Crippen LogP contribution in [0.25, 0.3) is 10.9 Å². The monoisotopic (exact) mass is 323 g/mol. The Hall–Kier alpha value is -2.66. The van der Waals surface area contributed by atoms with Gasteiger partial charge in [0.1, 0.15) is 0 Å². The van der Waals surface area contributed by atoms with E-state index in [1.165, 1.54) is 0 Å². The van der Waals surface area contributed by atoms with Crippen molar-refractivity contribution in [2.45, 2.75) is 26.0 Å². The summed E-state index contributed by atoms with van der Waals surface area (Å²) in [5.74, 6) is -0.0952. The first kappa shape index (κ1) is 16.2. The van der Waals surface area contributed by atoms with Crippen LogP contribution in [-0.4, -0.2) is 27.3 Å². The van der Waals surface area contributed by atoms with Gasteiger partial charge in [-0.1, -0.05) is 48.5 Å². The van der Waals surface area contributed by atoms with Gasteiger partial charge in [-0.05, 0) is 18.1 Å². The van der Waals surface area contributed by atoms with Crippen molar-refractivity contribution in [2.24, 2.45) is 0 Å². The Morgan fingerprint density at radius 1 is 1.21 bits per heavy atom. The molecule has 0 saturated carbocycles. The first-order valence-electron chi connectivity index (χ1n) is 8.06. The summed E-state index contributed by atoms with van der Waals surface area (Å²) in [5, 5.41) is 18.3. The van der Waals surface area contributed by atoms with Crippen molar-refractivity contribution in [1.82, 2.24) is 15.1 Å². The number of amides is 1. The summed E-state index contributed by atoms with van der Waals surface area (Å²) in [7, 11) is 0. The highest BCUT2D eigenvalue weighted by Crippen LogP contribution is 2.18. The molecule has 0 aliphatic heterocycles. The lowest BCUT2D eigenvalue weighted by Gasteiger charge is -2.12. The van der Waals surface area contributed by atoms with Crippen molar-refractivity contribution in [2.75, 3.05) is 6.54 Å². The number of hydrogen-bond acceptors (Lipinski definition) is 3. The topological polar surface area (TPSA) is 67.2 Å². The third-order valence-corrected chi connectivity index (χ3v) is 4.09. The summed E-state index contributed by atoms with van der Waals surface area (Å²) in [4.78, 5) is 12.0. The molecule has 5 nitrogen and oxygen atoms in total. The van der Waals surface area contributed by atoms with E-state index in [9.17, 15) is 9.90 Å². The fourth-order valence-electron chi connectivity index (χ4n) is 2.80. The number of aliphatic hydroxyl groups excluding tert-OH is 1. The lowest BCUT2D eigenvalue weighted by Crippen LogP contribution is -2.29. The van der Waals surface area contributed by atoms with Crippen LogP contribution in [0.3, 0.4) is 0 Å². The summed E-state index contributed by atoms with van der Waals surface area (Å²) in [6.07, 6.45) is 1.45. The molecule has 24 heavy (non-hydrogen) atoms. The van der Waals surface area contributed by atoms with Gasteiger partial charge in [-0.2, -0.15) is 5.10 Å². The van der Waals surface area contributed by atoms with Gasteiger partial charge in [0.15, 0.2) is 0 Å². The molecule has 5 heteroatoms. The van der Waals surface area contributed by atoms with Crippen molar-refractivity contribution in [3.05, 3.63) is 65.9 Å². The van der Waals surface area contributed by atoms with Gasteiger partial charge in [0.2, 0.25) is 5.91 Å². The molecular formula is C19H21N3O2. The van der Waals surface area contributed by atoms with Crippen molar-refractivity contribution < 1.29 is 9.90 Å². The normalized spacial score (nSPS) is 12.2. The second-order valence-corrected chi connectivity index (χ2v) is 5.86. The minimum Gasteiger partial charge on any atom is -0.387 e. The number of nitrogens with one attached hydrogen (secondary N) is 1. The average molecular weight is 323 g/mol. The van der Waals surface area contributed by atoms with E-state index in [0.29, 0.717) is 13.0 Å². The lowest BCUT2D eigenvalue weighted by molar-refractivity contribution is -0.121. The molecule has 1 atom stereocenters. The smallest absolute Gasteiger partial charge is 0.221 e. The quantitative estimate of drug-likeness (QED) is 0.733. The Balaban J connectivity index is 1.54. The predicted molar refractivity (Wildman–Crippen MR) is 93.5 cm³/mol. The number of fused-ring (bicyclic) bond motifs is 1. The first-order chi connectivity index (χ1) is 11.6. The molecule has 1 amide bonds. The van der Waals surface area contributed by atoms with E-state index in [2.05, 4.69) is 10.4 Å². The number of carbonyl (C=O) groups is 1. The number of nitrogens with zero attached hydrogens (tertiary/aromatic N) is 2. The van der Waals surface area contributed by atoms with Gasteiger partial charge in [-0.3, -0.25) is 9.48 Å². The fraction of sp³-hybridized carbons (Fsp3) is 0.263. The molecular weight excluding hydrogens is 302 g/mol. The largest absolute Gasteiger partial charge is 0.387 e. The molecule has 0 fully saturated rings. The van der Waals surface area contributed by atoms with E-state index in [0.717, 1.165) is 22.0 Å². The molecule has 0 saturated heterocycles. The fourth-order valence-corrected chi connectivity index (χ4v) is 2.80. The van der Waals surface area contributed by atoms with Crippen molar-refractivity contribution in [1.29, 1.82) is 0 Å². The molecule has 0 aliphatic rings. The molecule has 0 aliphatic carbocycles. The maximum absolute atomic E-state index is 12.0. The molecule has 3 aromatic rings. The molecule has 3 rings (SSSR count). The third-order valence-electron chi connectivity index (χ3n) is 4.09. The number of rotatable bonds is 6. The standard InChI is InChI=1S/C19H21N3O2/c1-14-6-5-9-16-12-21-22(19(14)16)11-10-18(24)20-13-17(23)15-7-3-2-4-8-15/h2-9,12,17,23H,10-11,13H2,1H3,(H,20,24). The molecule has 0 spiro atoms. The van der Waals surface area contributed by atoms with Crippen molar-refractivity contribution in [3.8, 4) is 0 Å². The zero-order valence-corrected chi connectivity index (χ0v) is 13.6. The van der Waals surface area contributed by atoms with Crippen molar-refractivity contribution >= 4 is 16.8 Å². The van der Waals surface area contributed by atoms with Gasteiger partial charge in [0.05, 0.1) is 24.4 Å². The van der Waals surface area contributed by atoms with Crippen LogP contribution in [-0.2, 0) is 11.3 Å². The summed E-state index contributed by atoms with van der Waals surface area (Å²) < 4.78 is 1.86. The SMILES string of the molecule is Cc1cccc2cnn(CCC(=O)NCC(O)c3ccccc3)c12. The Kier molecular flexibility index (Phi) is 4.91. The Bertz CT molecular complexity index is 827. The number of aryl methyl sites for hydroxylation is 2. The summed E-state index contributed by atoms with van der Waals surface area (Å²) in [5.41, 5.74) is 3.01. The number of para-hydroxylation sites is 1. The van der Waals surface area contributed by atoms with E-state index in [1.807, 2.05) is 66.3 Å². The van der Waals surface area contributed by atoms with Crippen LogP contribution in [0.2, 0.25) is 0 Å². The van der Waals surface area contributed by atoms with Crippen molar-refractivity contribution in [3.63, 3.8) is 0 Å². The molecule has 1 aromatic heterocycles. The van der Waals surface area contributed by atoms with E-state index in [1.54, 1.807) is 0 Å². The predicted octanol–water partition coefficient (Wildman–Crippen LogP) is 2.58. The first-order valence-corrected chi connectivity index (χ1v) is 8.06. The maximum Gasteiger partial charge on any atom is 0.221 e. The number of aliphatic hydroxyl groups is 1. The van der Waals surface area contributed by atoms with Gasteiger partial charge in [-0.25, -0.2) is 0 Å². The van der Waals surface area contributed by atoms with Gasteiger partial charge >= 0.3 is 0 Å². The zero-order valence-electron chi connectivity index (χ0n) is 13.6. The third kappa shape index (κ3) is 3.63. The maximum atomic E-state index is 12.0. The summed E-state index contributed by atoms with van der Waals surface area (Å²) in [6, 6.07) is 15.4. The number of benzene rings is 2. The van der Waals surface area contributed by atoms with Crippen LogP contribution in [0.5, 0.6) is 0 Å². The highest BCUT2D eigenvalue weighted by molar-refractivity contribution is 5.82. The molecule has 0 radical (unpaired) electrons.